The molecule has 1 atom stereocenters. The van der Waals surface area contributed by atoms with Crippen LogP contribution in [0.1, 0.15) is 56.1 Å². The van der Waals surface area contributed by atoms with Crippen molar-refractivity contribution in [1.29, 1.82) is 0 Å². The Balaban J connectivity index is 1.44. The number of hydrogen-bond donors (Lipinski definition) is 2. The molecule has 1 fully saturated rings. The monoisotopic (exact) mass is 450 g/mol. The van der Waals surface area contributed by atoms with Crippen LogP contribution < -0.4 is 5.32 Å². The van der Waals surface area contributed by atoms with Crippen molar-refractivity contribution >= 4 is 18.0 Å². The van der Waals surface area contributed by atoms with Gasteiger partial charge >= 0.3 is 12.1 Å². The predicted molar refractivity (Wildman–Crippen MR) is 124 cm³/mol. The number of carbonyl (C=O) groups excluding carboxylic acids is 2. The molecule has 1 saturated carbocycles. The topological polar surface area (TPSA) is 95.9 Å². The van der Waals surface area contributed by atoms with E-state index in [1.54, 1.807) is 4.90 Å². The maximum absolute atomic E-state index is 13.1. The minimum Gasteiger partial charge on any atom is -0.481 e. The number of nitrogens with one attached hydrogen (secondary N) is 1. The Hall–Kier alpha value is -3.35. The fourth-order valence-electron chi connectivity index (χ4n) is 5.17. The first-order valence-electron chi connectivity index (χ1n) is 11.6. The van der Waals surface area contributed by atoms with Gasteiger partial charge in [0.05, 0.1) is 6.42 Å². The van der Waals surface area contributed by atoms with Gasteiger partial charge in [-0.25, -0.2) is 4.79 Å². The normalized spacial score (nSPS) is 16.0. The fourth-order valence-corrected chi connectivity index (χ4v) is 5.17. The Morgan fingerprint density at radius 3 is 2.15 bits per heavy atom. The smallest absolute Gasteiger partial charge is 0.407 e. The van der Waals surface area contributed by atoms with Gasteiger partial charge in [-0.1, -0.05) is 61.4 Å². The molecule has 2 aromatic carbocycles. The van der Waals surface area contributed by atoms with Gasteiger partial charge in [-0.05, 0) is 42.0 Å². The number of benzene rings is 2. The number of carbonyl (C=O) groups is 3. The number of hydrogen-bond acceptors (Lipinski definition) is 4. The summed E-state index contributed by atoms with van der Waals surface area (Å²) in [6.07, 6.45) is 2.66. The Bertz CT molecular complexity index is 985. The van der Waals surface area contributed by atoms with E-state index in [4.69, 9.17) is 4.74 Å². The van der Waals surface area contributed by atoms with Gasteiger partial charge in [-0.2, -0.15) is 0 Å². The van der Waals surface area contributed by atoms with Gasteiger partial charge in [0.25, 0.3) is 0 Å². The van der Waals surface area contributed by atoms with Crippen LogP contribution >= 0.6 is 0 Å². The summed E-state index contributed by atoms with van der Waals surface area (Å²) in [4.78, 5) is 38.9. The second-order valence-corrected chi connectivity index (χ2v) is 8.68. The van der Waals surface area contributed by atoms with Gasteiger partial charge in [0.1, 0.15) is 12.6 Å². The highest BCUT2D eigenvalue weighted by molar-refractivity contribution is 5.89. The highest BCUT2D eigenvalue weighted by Gasteiger charge is 2.34. The van der Waals surface area contributed by atoms with Crippen molar-refractivity contribution in [2.24, 2.45) is 0 Å². The van der Waals surface area contributed by atoms with Crippen molar-refractivity contribution in [2.75, 3.05) is 13.2 Å². The summed E-state index contributed by atoms with van der Waals surface area (Å²) >= 11 is 0. The van der Waals surface area contributed by atoms with Crippen molar-refractivity contribution in [1.82, 2.24) is 10.2 Å². The molecule has 1 unspecified atom stereocenters. The second-order valence-electron chi connectivity index (χ2n) is 8.68. The van der Waals surface area contributed by atoms with Crippen LogP contribution in [0.2, 0.25) is 0 Å². The average molecular weight is 451 g/mol. The minimum absolute atomic E-state index is 0.100. The number of likely N-dealkylation sites (N-methyl/N-ethyl adjacent to an activating group) is 1. The van der Waals surface area contributed by atoms with Gasteiger partial charge in [0.15, 0.2) is 0 Å². The molecule has 0 saturated heterocycles. The lowest BCUT2D eigenvalue weighted by atomic mass is 9.98. The van der Waals surface area contributed by atoms with Gasteiger partial charge in [0.2, 0.25) is 5.91 Å². The van der Waals surface area contributed by atoms with Crippen LogP contribution in [-0.2, 0) is 14.3 Å². The van der Waals surface area contributed by atoms with Gasteiger partial charge < -0.3 is 20.1 Å². The molecule has 0 heterocycles. The molecule has 0 radical (unpaired) electrons. The first kappa shape index (κ1) is 22.8. The van der Waals surface area contributed by atoms with E-state index in [-0.39, 0.29) is 24.5 Å². The number of aliphatic carboxylic acids is 1. The third-order valence-corrected chi connectivity index (χ3v) is 6.70. The Kier molecular flexibility index (Phi) is 6.96. The molecule has 0 bridgehead atoms. The third kappa shape index (κ3) is 4.87. The average Bonchev–Trinajstić information content (AvgIpc) is 3.44. The molecule has 174 valence electrons. The van der Waals surface area contributed by atoms with Gasteiger partial charge in [0, 0.05) is 18.5 Å². The van der Waals surface area contributed by atoms with Crippen molar-refractivity contribution < 1.29 is 24.2 Å². The maximum atomic E-state index is 13.1. The number of nitrogens with zero attached hydrogens (tertiary/aromatic N) is 1. The molecule has 0 aromatic heterocycles. The summed E-state index contributed by atoms with van der Waals surface area (Å²) in [7, 11) is 0. The van der Waals surface area contributed by atoms with Crippen LogP contribution in [0.25, 0.3) is 11.1 Å². The number of carboxylic acid groups (broad SMARTS) is 1. The van der Waals surface area contributed by atoms with Gasteiger partial charge in [-0.15, -0.1) is 0 Å². The van der Waals surface area contributed by atoms with Crippen LogP contribution in [0.5, 0.6) is 0 Å². The third-order valence-electron chi connectivity index (χ3n) is 6.70. The lowest BCUT2D eigenvalue weighted by Crippen LogP contribution is -2.52. The van der Waals surface area contributed by atoms with Crippen LogP contribution in [-0.4, -0.2) is 53.2 Å². The van der Waals surface area contributed by atoms with Crippen LogP contribution in [0.4, 0.5) is 4.79 Å². The van der Waals surface area contributed by atoms with Gasteiger partial charge in [-0.3, -0.25) is 9.59 Å². The zero-order valence-corrected chi connectivity index (χ0v) is 18.8. The second kappa shape index (κ2) is 10.1. The van der Waals surface area contributed by atoms with Crippen molar-refractivity contribution in [3.05, 3.63) is 59.7 Å². The molecule has 2 aliphatic rings. The number of amides is 2. The van der Waals surface area contributed by atoms with E-state index in [1.807, 2.05) is 43.3 Å². The SMILES string of the molecule is CCN(C(=O)C(CC(=O)O)NC(=O)OCC1c2ccccc2-c2ccccc21)C1CCCC1. The summed E-state index contributed by atoms with van der Waals surface area (Å²) < 4.78 is 5.53. The van der Waals surface area contributed by atoms with Crippen molar-refractivity contribution in [3.63, 3.8) is 0 Å². The number of alkyl carbamates (subject to hydrolysis) is 1. The van der Waals surface area contributed by atoms with E-state index in [2.05, 4.69) is 17.4 Å². The molecule has 0 spiro atoms. The Labute approximate surface area is 193 Å². The Morgan fingerprint density at radius 1 is 1.03 bits per heavy atom. The molecular formula is C26H30N2O5. The van der Waals surface area contributed by atoms with E-state index in [0.29, 0.717) is 6.54 Å². The number of fused-ring (bicyclic) bond motifs is 3. The summed E-state index contributed by atoms with van der Waals surface area (Å²) in [5, 5.41) is 11.8. The zero-order valence-electron chi connectivity index (χ0n) is 18.8. The summed E-state index contributed by atoms with van der Waals surface area (Å²) in [6, 6.07) is 15.0. The first-order valence-corrected chi connectivity index (χ1v) is 11.6. The summed E-state index contributed by atoms with van der Waals surface area (Å²) in [6.45, 7) is 2.46. The molecule has 2 aliphatic carbocycles. The Morgan fingerprint density at radius 2 is 1.61 bits per heavy atom. The largest absolute Gasteiger partial charge is 0.481 e. The van der Waals surface area contributed by atoms with Crippen LogP contribution in [0, 0.1) is 0 Å². The molecule has 33 heavy (non-hydrogen) atoms. The highest BCUT2D eigenvalue weighted by atomic mass is 16.5. The summed E-state index contributed by atoms with van der Waals surface area (Å²) in [5.74, 6) is -1.61. The first-order chi connectivity index (χ1) is 16.0. The molecule has 2 aromatic rings. The molecular weight excluding hydrogens is 420 g/mol. The predicted octanol–water partition coefficient (Wildman–Crippen LogP) is 4.16. The van der Waals surface area contributed by atoms with Crippen LogP contribution in [0.15, 0.2) is 48.5 Å². The minimum atomic E-state index is -1.15. The lowest BCUT2D eigenvalue weighted by molar-refractivity contribution is -0.143. The fraction of sp³-hybridized carbons (Fsp3) is 0.423. The van der Waals surface area contributed by atoms with E-state index < -0.39 is 24.5 Å². The molecule has 7 heteroatoms. The van der Waals surface area contributed by atoms with Crippen molar-refractivity contribution in [3.8, 4) is 11.1 Å². The zero-order chi connectivity index (χ0) is 23.4. The van der Waals surface area contributed by atoms with E-state index in [9.17, 15) is 19.5 Å². The standard InChI is InChI=1S/C26H30N2O5/c1-2-28(17-9-3-4-10-17)25(31)23(15-24(29)30)27-26(32)33-16-22-20-13-7-5-11-18(20)19-12-6-8-14-21(19)22/h5-8,11-14,17,22-23H,2-4,9-10,15-16H2,1H3,(H,27,32)(H,29,30). The molecule has 7 nitrogen and oxygen atoms in total. The van der Waals surface area contributed by atoms with E-state index in [0.717, 1.165) is 47.9 Å². The lowest BCUT2D eigenvalue weighted by Gasteiger charge is -2.31. The highest BCUT2D eigenvalue weighted by Crippen LogP contribution is 2.44. The maximum Gasteiger partial charge on any atom is 0.407 e. The molecule has 2 amide bonds. The molecule has 4 rings (SSSR count). The van der Waals surface area contributed by atoms with Crippen LogP contribution in [0.3, 0.4) is 0 Å². The number of rotatable bonds is 8. The number of ether oxygens (including phenoxy) is 1. The van der Waals surface area contributed by atoms with Crippen molar-refractivity contribution in [2.45, 2.75) is 57.0 Å². The molecule has 2 N–H and O–H groups in total. The number of carboxylic acids is 1. The quantitative estimate of drug-likeness (QED) is 0.630. The summed E-state index contributed by atoms with van der Waals surface area (Å²) in [5.41, 5.74) is 4.42. The van der Waals surface area contributed by atoms with E-state index >= 15 is 0 Å². The molecule has 0 aliphatic heterocycles. The van der Waals surface area contributed by atoms with E-state index in [1.165, 1.54) is 0 Å².